The highest BCUT2D eigenvalue weighted by Crippen LogP contribution is 2.26. The first kappa shape index (κ1) is 15.1. The van der Waals surface area contributed by atoms with Gasteiger partial charge in [0.25, 0.3) is 0 Å². The largest absolute Gasteiger partial charge is 0.352 e. The molecular formula is C12H20BrNO2S. The average Bonchev–Trinajstić information content (AvgIpc) is 2.73. The second-order valence-electron chi connectivity index (χ2n) is 3.61. The molecule has 0 aliphatic heterocycles. The highest BCUT2D eigenvalue weighted by molar-refractivity contribution is 9.11. The summed E-state index contributed by atoms with van der Waals surface area (Å²) in [7, 11) is 0. The van der Waals surface area contributed by atoms with Crippen LogP contribution in [0.5, 0.6) is 0 Å². The van der Waals surface area contributed by atoms with Gasteiger partial charge in [-0.3, -0.25) is 0 Å². The third-order valence-electron chi connectivity index (χ3n) is 2.32. The fraction of sp³-hybridized carbons (Fsp3) is 0.667. The number of hydrogen-bond donors (Lipinski definition) is 1. The topological polar surface area (TPSA) is 30.5 Å². The van der Waals surface area contributed by atoms with Crippen molar-refractivity contribution in [1.29, 1.82) is 0 Å². The molecule has 0 aromatic carbocycles. The number of thiophene rings is 1. The Morgan fingerprint density at radius 2 is 1.94 bits per heavy atom. The van der Waals surface area contributed by atoms with E-state index < -0.39 is 0 Å². The molecular weight excluding hydrogens is 302 g/mol. The van der Waals surface area contributed by atoms with Crippen LogP contribution >= 0.6 is 27.3 Å². The minimum absolute atomic E-state index is 0.157. The van der Waals surface area contributed by atoms with Gasteiger partial charge >= 0.3 is 0 Å². The van der Waals surface area contributed by atoms with Gasteiger partial charge in [0, 0.05) is 30.7 Å². The van der Waals surface area contributed by atoms with E-state index in [0.717, 1.165) is 3.79 Å². The molecule has 0 saturated carbocycles. The molecule has 0 radical (unpaired) electrons. The first-order chi connectivity index (χ1) is 8.17. The summed E-state index contributed by atoms with van der Waals surface area (Å²) in [6.45, 7) is 8.15. The Morgan fingerprint density at radius 3 is 2.41 bits per heavy atom. The molecule has 1 aromatic rings. The van der Waals surface area contributed by atoms with Gasteiger partial charge in [-0.1, -0.05) is 0 Å². The molecule has 1 heterocycles. The van der Waals surface area contributed by atoms with Gasteiger partial charge in [0.05, 0.1) is 3.79 Å². The molecule has 0 saturated heterocycles. The summed E-state index contributed by atoms with van der Waals surface area (Å²) in [4.78, 5) is 1.31. The summed E-state index contributed by atoms with van der Waals surface area (Å²) in [5.74, 6) is 0. The van der Waals surface area contributed by atoms with Crippen molar-refractivity contribution in [1.82, 2.24) is 5.32 Å². The van der Waals surface area contributed by atoms with Crippen LogP contribution in [0.1, 0.15) is 31.7 Å². The summed E-state index contributed by atoms with van der Waals surface area (Å²) in [5, 5.41) is 3.42. The quantitative estimate of drug-likeness (QED) is 0.742. The van der Waals surface area contributed by atoms with Crippen LogP contribution in [0.2, 0.25) is 0 Å². The monoisotopic (exact) mass is 321 g/mol. The summed E-state index contributed by atoms with van der Waals surface area (Å²) in [6.07, 6.45) is -0.157. The van der Waals surface area contributed by atoms with E-state index in [0.29, 0.717) is 25.8 Å². The van der Waals surface area contributed by atoms with Gasteiger partial charge in [-0.2, -0.15) is 0 Å². The highest BCUT2D eigenvalue weighted by Gasteiger charge is 2.12. The highest BCUT2D eigenvalue weighted by atomic mass is 79.9. The van der Waals surface area contributed by atoms with Crippen LogP contribution in [0, 0.1) is 0 Å². The van der Waals surface area contributed by atoms with Gasteiger partial charge in [0.2, 0.25) is 0 Å². The van der Waals surface area contributed by atoms with Gasteiger partial charge < -0.3 is 14.8 Å². The van der Waals surface area contributed by atoms with Crippen LogP contribution in [0.25, 0.3) is 0 Å². The molecule has 1 aromatic heterocycles. The number of nitrogens with one attached hydrogen (secondary N) is 1. The standard InChI is InChI=1S/C12H20BrNO2S/c1-4-15-12(16-5-2)8-14-9(3)10-6-7-11(13)17-10/h6-7,9,12,14H,4-5,8H2,1-3H3. The van der Waals surface area contributed by atoms with E-state index in [4.69, 9.17) is 9.47 Å². The first-order valence-electron chi connectivity index (χ1n) is 5.89. The Hall–Kier alpha value is 0.0600. The van der Waals surface area contributed by atoms with E-state index >= 15 is 0 Å². The van der Waals surface area contributed by atoms with Crippen molar-refractivity contribution in [3.05, 3.63) is 20.8 Å². The number of ether oxygens (including phenoxy) is 2. The maximum Gasteiger partial charge on any atom is 0.169 e. The van der Waals surface area contributed by atoms with Gasteiger partial charge in [0.15, 0.2) is 6.29 Å². The van der Waals surface area contributed by atoms with E-state index in [1.165, 1.54) is 4.88 Å². The van der Waals surface area contributed by atoms with Gasteiger partial charge in [-0.25, -0.2) is 0 Å². The Kier molecular flexibility index (Phi) is 7.30. The van der Waals surface area contributed by atoms with E-state index in [1.807, 2.05) is 13.8 Å². The van der Waals surface area contributed by atoms with E-state index in [2.05, 4.69) is 40.3 Å². The van der Waals surface area contributed by atoms with E-state index in [9.17, 15) is 0 Å². The molecule has 1 atom stereocenters. The van der Waals surface area contributed by atoms with Crippen LogP contribution in [-0.4, -0.2) is 26.0 Å². The second-order valence-corrected chi connectivity index (χ2v) is 6.11. The predicted octanol–water partition coefficient (Wildman–Crippen LogP) is 3.56. The third-order valence-corrected chi connectivity index (χ3v) is 4.12. The molecule has 5 heteroatoms. The van der Waals surface area contributed by atoms with Gasteiger partial charge in [-0.15, -0.1) is 11.3 Å². The molecule has 3 nitrogen and oxygen atoms in total. The van der Waals surface area contributed by atoms with Crippen molar-refractivity contribution in [2.45, 2.75) is 33.1 Å². The number of halogens is 1. The zero-order valence-electron chi connectivity index (χ0n) is 10.5. The molecule has 0 aliphatic rings. The van der Waals surface area contributed by atoms with E-state index in [-0.39, 0.29) is 6.29 Å². The molecule has 0 fully saturated rings. The smallest absolute Gasteiger partial charge is 0.169 e. The van der Waals surface area contributed by atoms with E-state index in [1.54, 1.807) is 11.3 Å². The number of hydrogen-bond acceptors (Lipinski definition) is 4. The minimum atomic E-state index is -0.157. The Labute approximate surface area is 116 Å². The van der Waals surface area contributed by atoms with Crippen LogP contribution in [0.4, 0.5) is 0 Å². The minimum Gasteiger partial charge on any atom is -0.352 e. The normalized spacial score (nSPS) is 13.2. The maximum atomic E-state index is 5.48. The van der Waals surface area contributed by atoms with Crippen molar-refractivity contribution in [2.24, 2.45) is 0 Å². The van der Waals surface area contributed by atoms with Crippen molar-refractivity contribution >= 4 is 27.3 Å². The van der Waals surface area contributed by atoms with Crippen LogP contribution in [-0.2, 0) is 9.47 Å². The summed E-state index contributed by atoms with van der Waals surface area (Å²) < 4.78 is 12.1. The Balaban J connectivity index is 2.37. The SMILES string of the molecule is CCOC(CNC(C)c1ccc(Br)s1)OCC. The van der Waals surface area contributed by atoms with Crippen LogP contribution in [0.3, 0.4) is 0 Å². The predicted molar refractivity (Wildman–Crippen MR) is 75.5 cm³/mol. The second kappa shape index (κ2) is 8.21. The lowest BCUT2D eigenvalue weighted by molar-refractivity contribution is -0.133. The Morgan fingerprint density at radius 1 is 1.29 bits per heavy atom. The van der Waals surface area contributed by atoms with Gasteiger partial charge in [0.1, 0.15) is 0 Å². The molecule has 17 heavy (non-hydrogen) atoms. The fourth-order valence-electron chi connectivity index (χ4n) is 1.47. The van der Waals surface area contributed by atoms with Gasteiger partial charge in [-0.05, 0) is 48.8 Å². The maximum absolute atomic E-state index is 5.48. The molecule has 0 amide bonds. The molecule has 1 rings (SSSR count). The Bertz CT molecular complexity index is 313. The zero-order valence-corrected chi connectivity index (χ0v) is 12.9. The zero-order chi connectivity index (χ0) is 12.7. The molecule has 1 unspecified atom stereocenters. The molecule has 0 spiro atoms. The average molecular weight is 322 g/mol. The van der Waals surface area contributed by atoms with Crippen molar-refractivity contribution in [3.63, 3.8) is 0 Å². The third kappa shape index (κ3) is 5.48. The van der Waals surface area contributed by atoms with Crippen molar-refractivity contribution < 1.29 is 9.47 Å². The first-order valence-corrected chi connectivity index (χ1v) is 7.50. The molecule has 1 N–H and O–H groups in total. The lowest BCUT2D eigenvalue weighted by atomic mass is 10.3. The summed E-state index contributed by atoms with van der Waals surface area (Å²) in [5.41, 5.74) is 0. The summed E-state index contributed by atoms with van der Waals surface area (Å²) >= 11 is 5.22. The van der Waals surface area contributed by atoms with Crippen molar-refractivity contribution in [3.8, 4) is 0 Å². The summed E-state index contributed by atoms with van der Waals surface area (Å²) in [6, 6.07) is 4.51. The fourth-order valence-corrected chi connectivity index (χ4v) is 2.92. The molecule has 0 bridgehead atoms. The van der Waals surface area contributed by atoms with Crippen molar-refractivity contribution in [2.75, 3.05) is 19.8 Å². The molecule has 98 valence electrons. The lowest BCUT2D eigenvalue weighted by Crippen LogP contribution is -2.32. The lowest BCUT2D eigenvalue weighted by Gasteiger charge is -2.20. The number of rotatable bonds is 8. The van der Waals surface area contributed by atoms with Crippen LogP contribution < -0.4 is 5.32 Å². The molecule has 0 aliphatic carbocycles. The van der Waals surface area contributed by atoms with Crippen LogP contribution in [0.15, 0.2) is 15.9 Å².